The summed E-state index contributed by atoms with van der Waals surface area (Å²) in [5.41, 5.74) is 0. The Balaban J connectivity index is 1.97. The minimum absolute atomic E-state index is 0.457. The van der Waals surface area contributed by atoms with Gasteiger partial charge in [0.15, 0.2) is 8.32 Å². The highest BCUT2D eigenvalue weighted by molar-refractivity contribution is 7.02. The first-order valence-electron chi connectivity index (χ1n) is 8.28. The molecule has 1 fully saturated rings. The van der Waals surface area contributed by atoms with Gasteiger partial charge in [0, 0.05) is 6.10 Å². The molecule has 1 atom stereocenters. The minimum Gasteiger partial charge on any atom is -0.415 e. The fraction of sp³-hybridized carbons (Fsp3) is 0.368. The maximum absolute atomic E-state index is 6.47. The minimum atomic E-state index is -1.65. The van der Waals surface area contributed by atoms with Crippen molar-refractivity contribution >= 4 is 26.8 Å². The Hall–Kier alpha value is -1.17. The van der Waals surface area contributed by atoms with E-state index >= 15 is 0 Å². The van der Waals surface area contributed by atoms with Crippen LogP contribution in [-0.2, 0) is 4.43 Å². The normalized spacial score (nSPS) is 21.0. The van der Waals surface area contributed by atoms with E-state index in [0.29, 0.717) is 6.10 Å². The molecule has 0 spiro atoms. The standard InChI is InChI=1S/C19H26OSi2/c1-21(2,3)20-17-14-15-22(16-17,18-10-6-4-7-11-18)19-12-8-5-9-13-19/h4-13,17H,14-16H2,1-3H3. The molecule has 0 amide bonds. The van der Waals surface area contributed by atoms with Crippen molar-refractivity contribution in [2.75, 3.05) is 0 Å². The van der Waals surface area contributed by atoms with Gasteiger partial charge in [-0.2, -0.15) is 0 Å². The van der Waals surface area contributed by atoms with Gasteiger partial charge in [0.05, 0.1) is 0 Å². The number of benzene rings is 2. The van der Waals surface area contributed by atoms with Crippen molar-refractivity contribution < 1.29 is 4.43 Å². The van der Waals surface area contributed by atoms with Gasteiger partial charge in [-0.05, 0) is 38.2 Å². The summed E-state index contributed by atoms with van der Waals surface area (Å²) in [5, 5.41) is 3.14. The second kappa shape index (κ2) is 6.15. The van der Waals surface area contributed by atoms with Crippen molar-refractivity contribution in [1.82, 2.24) is 0 Å². The van der Waals surface area contributed by atoms with Gasteiger partial charge in [0.25, 0.3) is 0 Å². The molecule has 3 rings (SSSR count). The molecule has 0 N–H and O–H groups in total. The van der Waals surface area contributed by atoms with Crippen molar-refractivity contribution in [3.8, 4) is 0 Å². The second-order valence-electron chi connectivity index (χ2n) is 7.41. The molecule has 0 saturated carbocycles. The van der Waals surface area contributed by atoms with Gasteiger partial charge < -0.3 is 4.43 Å². The molecule has 1 heterocycles. The summed E-state index contributed by atoms with van der Waals surface area (Å²) in [4.78, 5) is 0. The molecule has 0 aliphatic carbocycles. The summed E-state index contributed by atoms with van der Waals surface area (Å²) in [5.74, 6) is 0. The number of rotatable bonds is 4. The van der Waals surface area contributed by atoms with Crippen LogP contribution in [-0.4, -0.2) is 22.5 Å². The summed E-state index contributed by atoms with van der Waals surface area (Å²) < 4.78 is 6.47. The topological polar surface area (TPSA) is 9.23 Å². The molecule has 1 saturated heterocycles. The van der Waals surface area contributed by atoms with Crippen LogP contribution >= 0.6 is 0 Å². The van der Waals surface area contributed by atoms with Gasteiger partial charge in [0.1, 0.15) is 8.07 Å². The zero-order valence-electron chi connectivity index (χ0n) is 13.9. The smallest absolute Gasteiger partial charge is 0.184 e. The fourth-order valence-corrected chi connectivity index (χ4v) is 10.3. The van der Waals surface area contributed by atoms with Crippen LogP contribution < -0.4 is 10.4 Å². The fourth-order valence-electron chi connectivity index (χ4n) is 3.81. The third kappa shape index (κ3) is 3.26. The van der Waals surface area contributed by atoms with E-state index in [9.17, 15) is 0 Å². The second-order valence-corrected chi connectivity index (χ2v) is 16.1. The Bertz CT molecular complexity index is 565. The van der Waals surface area contributed by atoms with E-state index in [1.807, 2.05) is 0 Å². The summed E-state index contributed by atoms with van der Waals surface area (Å²) in [6, 6.07) is 25.0. The van der Waals surface area contributed by atoms with Crippen LogP contribution in [0.2, 0.25) is 31.7 Å². The first-order chi connectivity index (χ1) is 10.5. The van der Waals surface area contributed by atoms with Gasteiger partial charge in [-0.25, -0.2) is 0 Å². The molecule has 1 aliphatic rings. The SMILES string of the molecule is C[Si](C)(C)OC1CC[Si](c2ccccc2)(c2ccccc2)C1. The molecule has 0 radical (unpaired) electrons. The lowest BCUT2D eigenvalue weighted by molar-refractivity contribution is 0.218. The molecule has 1 aliphatic heterocycles. The van der Waals surface area contributed by atoms with E-state index in [-0.39, 0.29) is 0 Å². The molecule has 22 heavy (non-hydrogen) atoms. The van der Waals surface area contributed by atoms with Gasteiger partial charge >= 0.3 is 0 Å². The third-order valence-corrected chi connectivity index (χ3v) is 10.9. The lowest BCUT2D eigenvalue weighted by Gasteiger charge is -2.30. The lowest BCUT2D eigenvalue weighted by Crippen LogP contribution is -2.56. The zero-order chi connectivity index (χ0) is 15.6. The average Bonchev–Trinajstić information content (AvgIpc) is 2.92. The van der Waals surface area contributed by atoms with Crippen molar-refractivity contribution in [2.45, 2.75) is 44.3 Å². The average molecular weight is 327 g/mol. The van der Waals surface area contributed by atoms with Crippen LogP contribution in [0.15, 0.2) is 60.7 Å². The molecule has 2 aromatic rings. The maximum atomic E-state index is 6.47. The van der Waals surface area contributed by atoms with E-state index in [0.717, 1.165) is 0 Å². The molecule has 116 valence electrons. The Morgan fingerprint density at radius 2 is 1.36 bits per heavy atom. The van der Waals surface area contributed by atoms with Crippen LogP contribution in [0.1, 0.15) is 6.42 Å². The van der Waals surface area contributed by atoms with E-state index in [1.165, 1.54) is 18.5 Å². The first kappa shape index (κ1) is 15.7. The molecule has 2 aromatic carbocycles. The predicted octanol–water partition coefficient (Wildman–Crippen LogP) is 3.87. The summed E-state index contributed by atoms with van der Waals surface area (Å²) >= 11 is 0. The molecule has 1 unspecified atom stereocenters. The highest BCUT2D eigenvalue weighted by atomic mass is 28.4. The largest absolute Gasteiger partial charge is 0.415 e. The summed E-state index contributed by atoms with van der Waals surface area (Å²) in [6.07, 6.45) is 1.68. The molecular weight excluding hydrogens is 300 g/mol. The highest BCUT2D eigenvalue weighted by Gasteiger charge is 2.45. The van der Waals surface area contributed by atoms with Crippen molar-refractivity contribution in [3.05, 3.63) is 60.7 Å². The van der Waals surface area contributed by atoms with Gasteiger partial charge in [-0.1, -0.05) is 71.0 Å². The maximum Gasteiger partial charge on any atom is 0.184 e. The quantitative estimate of drug-likeness (QED) is 0.775. The van der Waals surface area contributed by atoms with Crippen LogP contribution in [0.25, 0.3) is 0 Å². The van der Waals surface area contributed by atoms with Crippen molar-refractivity contribution in [2.24, 2.45) is 0 Å². The Morgan fingerprint density at radius 1 is 0.864 bits per heavy atom. The number of hydrogen-bond donors (Lipinski definition) is 0. The van der Waals surface area contributed by atoms with Crippen LogP contribution in [0, 0.1) is 0 Å². The predicted molar refractivity (Wildman–Crippen MR) is 100 cm³/mol. The van der Waals surface area contributed by atoms with Crippen molar-refractivity contribution in [3.63, 3.8) is 0 Å². The molecular formula is C19H26OSi2. The molecule has 0 bridgehead atoms. The van der Waals surface area contributed by atoms with E-state index < -0.39 is 16.4 Å². The number of hydrogen-bond acceptors (Lipinski definition) is 1. The van der Waals surface area contributed by atoms with Crippen LogP contribution in [0.4, 0.5) is 0 Å². The highest BCUT2D eigenvalue weighted by Crippen LogP contribution is 2.33. The van der Waals surface area contributed by atoms with Crippen LogP contribution in [0.5, 0.6) is 0 Å². The molecule has 1 nitrogen and oxygen atoms in total. The Labute approximate surface area is 136 Å². The van der Waals surface area contributed by atoms with Gasteiger partial charge in [0.2, 0.25) is 0 Å². The third-order valence-electron chi connectivity index (χ3n) is 4.64. The van der Waals surface area contributed by atoms with Crippen molar-refractivity contribution in [1.29, 1.82) is 0 Å². The van der Waals surface area contributed by atoms with E-state index in [1.54, 1.807) is 10.4 Å². The Morgan fingerprint density at radius 3 is 1.82 bits per heavy atom. The van der Waals surface area contributed by atoms with Gasteiger partial charge in [-0.3, -0.25) is 0 Å². The van der Waals surface area contributed by atoms with E-state index in [4.69, 9.17) is 4.43 Å². The first-order valence-corrected chi connectivity index (χ1v) is 14.1. The molecule has 3 heteroatoms. The Kier molecular flexibility index (Phi) is 4.39. The zero-order valence-corrected chi connectivity index (χ0v) is 15.9. The van der Waals surface area contributed by atoms with E-state index in [2.05, 4.69) is 80.3 Å². The molecule has 0 aromatic heterocycles. The summed E-state index contributed by atoms with van der Waals surface area (Å²) in [6.45, 7) is 6.92. The van der Waals surface area contributed by atoms with Gasteiger partial charge in [-0.15, -0.1) is 0 Å². The lowest BCUT2D eigenvalue weighted by atomic mass is 10.3. The monoisotopic (exact) mass is 326 g/mol. The van der Waals surface area contributed by atoms with Crippen LogP contribution in [0.3, 0.4) is 0 Å². The summed E-state index contributed by atoms with van der Waals surface area (Å²) in [7, 11) is -3.11.